The molecule has 6 nitrogen and oxygen atoms in total. The topological polar surface area (TPSA) is 83.7 Å². The van der Waals surface area contributed by atoms with Crippen LogP contribution in [-0.4, -0.2) is 61.5 Å². The van der Waals surface area contributed by atoms with Crippen molar-refractivity contribution in [1.82, 2.24) is 9.21 Å². The molecule has 118 valence electrons. The van der Waals surface area contributed by atoms with Crippen molar-refractivity contribution >= 4 is 28.3 Å². The maximum absolute atomic E-state index is 12.5. The molecular formula is C12H24ClN3O3S. The number of sulfonamides is 1. The highest BCUT2D eigenvalue weighted by Crippen LogP contribution is 2.29. The monoisotopic (exact) mass is 325 g/mol. The van der Waals surface area contributed by atoms with Gasteiger partial charge >= 0.3 is 0 Å². The van der Waals surface area contributed by atoms with Crippen LogP contribution in [0.4, 0.5) is 0 Å². The molecule has 0 radical (unpaired) electrons. The molecule has 1 aliphatic carbocycles. The Kier molecular flexibility index (Phi) is 5.83. The molecule has 20 heavy (non-hydrogen) atoms. The molecule has 0 unspecified atom stereocenters. The molecule has 2 N–H and O–H groups in total. The van der Waals surface area contributed by atoms with Gasteiger partial charge in [0.15, 0.2) is 0 Å². The maximum atomic E-state index is 12.5. The highest BCUT2D eigenvalue weighted by molar-refractivity contribution is 7.88. The minimum absolute atomic E-state index is 0. The van der Waals surface area contributed by atoms with Gasteiger partial charge in [0.1, 0.15) is 0 Å². The number of rotatable bonds is 2. The predicted molar refractivity (Wildman–Crippen MR) is 80.2 cm³/mol. The highest BCUT2D eigenvalue weighted by atomic mass is 35.5. The number of nitrogens with two attached hydrogens (primary N) is 1. The Bertz CT molecular complexity index is 449. The fraction of sp³-hybridized carbons (Fsp3) is 0.917. The van der Waals surface area contributed by atoms with Crippen LogP contribution < -0.4 is 5.73 Å². The minimum atomic E-state index is -3.17. The van der Waals surface area contributed by atoms with Gasteiger partial charge in [-0.2, -0.15) is 0 Å². The summed E-state index contributed by atoms with van der Waals surface area (Å²) >= 11 is 0. The molecule has 2 rings (SSSR count). The molecule has 0 aromatic rings. The summed E-state index contributed by atoms with van der Waals surface area (Å²) in [5, 5.41) is 0. The Labute approximate surface area is 127 Å². The lowest BCUT2D eigenvalue weighted by Gasteiger charge is -2.30. The number of nitrogens with zero attached hydrogens (tertiary/aromatic N) is 2. The van der Waals surface area contributed by atoms with Crippen molar-refractivity contribution in [2.45, 2.75) is 37.6 Å². The SMILES string of the molecule is CS(=O)(=O)N1CCCN(C(=O)C2(N)CCCC2)CC1.Cl. The van der Waals surface area contributed by atoms with Gasteiger partial charge in [-0.15, -0.1) is 12.4 Å². The molecule has 8 heteroatoms. The van der Waals surface area contributed by atoms with Crippen LogP contribution in [0.3, 0.4) is 0 Å². The summed E-state index contributed by atoms with van der Waals surface area (Å²) in [6, 6.07) is 0. The molecule has 1 amide bonds. The second-order valence-corrected chi connectivity index (χ2v) is 7.65. The third-order valence-electron chi connectivity index (χ3n) is 4.13. The summed E-state index contributed by atoms with van der Waals surface area (Å²) in [6.45, 7) is 1.91. The van der Waals surface area contributed by atoms with Crippen LogP contribution in [0.5, 0.6) is 0 Å². The molecule has 1 saturated carbocycles. The van der Waals surface area contributed by atoms with Crippen LogP contribution in [0, 0.1) is 0 Å². The Morgan fingerprint density at radius 2 is 1.65 bits per heavy atom. The fourth-order valence-electron chi connectivity index (χ4n) is 2.96. The van der Waals surface area contributed by atoms with Gasteiger partial charge in [0.05, 0.1) is 11.8 Å². The van der Waals surface area contributed by atoms with Crippen molar-refractivity contribution in [3.8, 4) is 0 Å². The molecular weight excluding hydrogens is 302 g/mol. The van der Waals surface area contributed by atoms with Crippen LogP contribution in [0.15, 0.2) is 0 Å². The summed E-state index contributed by atoms with van der Waals surface area (Å²) in [7, 11) is -3.17. The third-order valence-corrected chi connectivity index (χ3v) is 5.44. The van der Waals surface area contributed by atoms with Crippen molar-refractivity contribution in [2.24, 2.45) is 5.73 Å². The van der Waals surface area contributed by atoms with Crippen LogP contribution >= 0.6 is 12.4 Å². The van der Waals surface area contributed by atoms with E-state index in [1.807, 2.05) is 0 Å². The number of carbonyl (C=O) groups is 1. The number of amides is 1. The lowest BCUT2D eigenvalue weighted by Crippen LogP contribution is -2.54. The van der Waals surface area contributed by atoms with E-state index in [1.165, 1.54) is 10.6 Å². The van der Waals surface area contributed by atoms with E-state index >= 15 is 0 Å². The van der Waals surface area contributed by atoms with E-state index in [0.717, 1.165) is 25.7 Å². The molecule has 2 fully saturated rings. The Balaban J connectivity index is 0.00000200. The second kappa shape index (κ2) is 6.60. The van der Waals surface area contributed by atoms with E-state index in [0.29, 0.717) is 32.6 Å². The molecule has 2 aliphatic rings. The Hall–Kier alpha value is -0.370. The van der Waals surface area contributed by atoms with Crippen molar-refractivity contribution in [3.05, 3.63) is 0 Å². The van der Waals surface area contributed by atoms with Crippen LogP contribution in [0.1, 0.15) is 32.1 Å². The van der Waals surface area contributed by atoms with Gasteiger partial charge in [-0.25, -0.2) is 12.7 Å². The van der Waals surface area contributed by atoms with Crippen molar-refractivity contribution in [1.29, 1.82) is 0 Å². The summed E-state index contributed by atoms with van der Waals surface area (Å²) < 4.78 is 24.5. The van der Waals surface area contributed by atoms with Gasteiger partial charge in [0.25, 0.3) is 0 Å². The summed E-state index contributed by atoms with van der Waals surface area (Å²) in [6.07, 6.45) is 5.40. The lowest BCUT2D eigenvalue weighted by atomic mass is 9.97. The van der Waals surface area contributed by atoms with E-state index in [4.69, 9.17) is 5.73 Å². The number of hydrogen-bond donors (Lipinski definition) is 1. The number of carbonyl (C=O) groups excluding carboxylic acids is 1. The van der Waals surface area contributed by atoms with Crippen molar-refractivity contribution in [3.63, 3.8) is 0 Å². The molecule has 1 aliphatic heterocycles. The van der Waals surface area contributed by atoms with E-state index in [2.05, 4.69) is 0 Å². The van der Waals surface area contributed by atoms with Gasteiger partial charge in [0.2, 0.25) is 15.9 Å². The van der Waals surface area contributed by atoms with Crippen molar-refractivity contribution < 1.29 is 13.2 Å². The molecule has 0 aromatic heterocycles. The summed E-state index contributed by atoms with van der Waals surface area (Å²) in [5.41, 5.74) is 5.47. The molecule has 0 bridgehead atoms. The van der Waals surface area contributed by atoms with Gasteiger partial charge in [-0.05, 0) is 19.3 Å². The van der Waals surface area contributed by atoms with E-state index in [9.17, 15) is 13.2 Å². The maximum Gasteiger partial charge on any atom is 0.242 e. The summed E-state index contributed by atoms with van der Waals surface area (Å²) in [5.74, 6) is 0.000325. The fourth-order valence-corrected chi connectivity index (χ4v) is 3.84. The Morgan fingerprint density at radius 1 is 1.05 bits per heavy atom. The number of halogens is 1. The van der Waals surface area contributed by atoms with Gasteiger partial charge < -0.3 is 10.6 Å². The van der Waals surface area contributed by atoms with Crippen LogP contribution in [0.2, 0.25) is 0 Å². The Morgan fingerprint density at radius 3 is 2.20 bits per heavy atom. The largest absolute Gasteiger partial charge is 0.340 e. The zero-order chi connectivity index (χ0) is 14.1. The zero-order valence-electron chi connectivity index (χ0n) is 11.9. The lowest BCUT2D eigenvalue weighted by molar-refractivity contribution is -0.136. The van der Waals surface area contributed by atoms with E-state index < -0.39 is 15.6 Å². The van der Waals surface area contributed by atoms with E-state index in [1.54, 1.807) is 4.90 Å². The first kappa shape index (κ1) is 17.7. The average molecular weight is 326 g/mol. The smallest absolute Gasteiger partial charge is 0.242 e. The van der Waals surface area contributed by atoms with Gasteiger partial charge in [-0.3, -0.25) is 4.79 Å². The first-order chi connectivity index (χ1) is 8.83. The first-order valence-corrected chi connectivity index (χ1v) is 8.71. The van der Waals surface area contributed by atoms with Gasteiger partial charge in [-0.1, -0.05) is 12.8 Å². The highest BCUT2D eigenvalue weighted by Gasteiger charge is 2.40. The molecule has 0 aromatic carbocycles. The summed E-state index contributed by atoms with van der Waals surface area (Å²) in [4.78, 5) is 14.2. The average Bonchev–Trinajstić information content (AvgIpc) is 2.64. The molecule has 1 saturated heterocycles. The minimum Gasteiger partial charge on any atom is -0.340 e. The van der Waals surface area contributed by atoms with Crippen LogP contribution in [-0.2, 0) is 14.8 Å². The van der Waals surface area contributed by atoms with Crippen LogP contribution in [0.25, 0.3) is 0 Å². The first-order valence-electron chi connectivity index (χ1n) is 6.86. The molecule has 0 atom stereocenters. The quantitative estimate of drug-likeness (QED) is 0.784. The standard InChI is InChI=1S/C12H23N3O3S.ClH/c1-19(17,18)15-8-4-7-14(9-10-15)11(16)12(13)5-2-3-6-12;/h2-10,13H2,1H3;1H. The normalized spacial score (nSPS) is 24.0. The molecule has 1 heterocycles. The van der Waals surface area contributed by atoms with Gasteiger partial charge in [0, 0.05) is 26.2 Å². The van der Waals surface area contributed by atoms with E-state index in [-0.39, 0.29) is 18.3 Å². The molecule has 0 spiro atoms. The number of hydrogen-bond acceptors (Lipinski definition) is 4. The zero-order valence-corrected chi connectivity index (χ0v) is 13.5. The van der Waals surface area contributed by atoms with Crippen molar-refractivity contribution in [2.75, 3.05) is 32.4 Å². The third kappa shape index (κ3) is 3.84. The predicted octanol–water partition coefficient (Wildman–Crippen LogP) is 0.174. The second-order valence-electron chi connectivity index (χ2n) is 5.67.